The Morgan fingerprint density at radius 1 is 1.40 bits per heavy atom. The summed E-state index contributed by atoms with van der Waals surface area (Å²) in [5.41, 5.74) is -0.0389. The highest BCUT2D eigenvalue weighted by Gasteiger charge is 2.54. The van der Waals surface area contributed by atoms with Crippen molar-refractivity contribution in [3.63, 3.8) is 0 Å². The van der Waals surface area contributed by atoms with Crippen LogP contribution in [0.15, 0.2) is 24.5 Å². The smallest absolute Gasteiger partial charge is 0.261 e. The van der Waals surface area contributed by atoms with Gasteiger partial charge in [0.1, 0.15) is 0 Å². The van der Waals surface area contributed by atoms with Gasteiger partial charge < -0.3 is 5.32 Å². The number of halogens is 2. The molecule has 1 spiro atoms. The van der Waals surface area contributed by atoms with Crippen molar-refractivity contribution in [3.8, 4) is 0 Å². The van der Waals surface area contributed by atoms with E-state index in [4.69, 9.17) is 0 Å². The minimum atomic E-state index is -2.82. The topological polar surface area (TPSA) is 45.2 Å². The first-order valence-electron chi connectivity index (χ1n) is 6.77. The van der Waals surface area contributed by atoms with E-state index in [-0.39, 0.29) is 18.9 Å². The molecule has 0 aromatic carbocycles. The second-order valence-corrected chi connectivity index (χ2v) is 5.83. The normalized spacial score (nSPS) is 29.6. The van der Waals surface area contributed by atoms with Crippen molar-refractivity contribution in [2.24, 2.45) is 5.41 Å². The van der Waals surface area contributed by atoms with E-state index >= 15 is 0 Å². The third kappa shape index (κ3) is 2.52. The number of aromatic nitrogens is 1. The number of nitrogens with one attached hydrogen (secondary N) is 1. The number of rotatable bonds is 2. The van der Waals surface area contributed by atoms with Crippen molar-refractivity contribution in [3.05, 3.63) is 30.1 Å². The van der Waals surface area contributed by atoms with E-state index in [1.807, 2.05) is 6.07 Å². The average molecular weight is 281 g/mol. The quantitative estimate of drug-likeness (QED) is 0.892. The van der Waals surface area contributed by atoms with Gasteiger partial charge in [-0.2, -0.15) is 0 Å². The second kappa shape index (κ2) is 4.77. The zero-order chi connectivity index (χ0) is 14.2. The molecule has 3 rings (SSSR count). The summed E-state index contributed by atoms with van der Waals surface area (Å²) in [4.78, 5) is 17.6. The van der Waals surface area contributed by atoms with E-state index in [9.17, 15) is 13.6 Å². The Hall–Kier alpha value is -1.56. The minimum absolute atomic E-state index is 0.229. The molecule has 1 atom stereocenters. The first-order valence-corrected chi connectivity index (χ1v) is 6.77. The van der Waals surface area contributed by atoms with Crippen LogP contribution in [-0.4, -0.2) is 41.3 Å². The van der Waals surface area contributed by atoms with Gasteiger partial charge in [0.15, 0.2) is 0 Å². The molecule has 3 heterocycles. The van der Waals surface area contributed by atoms with Gasteiger partial charge in [-0.1, -0.05) is 6.07 Å². The lowest BCUT2D eigenvalue weighted by Crippen LogP contribution is -2.54. The van der Waals surface area contributed by atoms with Gasteiger partial charge in [-0.05, 0) is 18.1 Å². The lowest BCUT2D eigenvalue weighted by atomic mass is 9.77. The highest BCUT2D eigenvalue weighted by molar-refractivity contribution is 5.85. The molecule has 0 aliphatic carbocycles. The highest BCUT2D eigenvalue weighted by atomic mass is 19.3. The molecule has 4 nitrogen and oxygen atoms in total. The maximum absolute atomic E-state index is 14.0. The predicted molar refractivity (Wildman–Crippen MR) is 69.1 cm³/mol. The first-order chi connectivity index (χ1) is 9.49. The summed E-state index contributed by atoms with van der Waals surface area (Å²) in [5, 5.41) is 2.69. The summed E-state index contributed by atoms with van der Waals surface area (Å²) in [5.74, 6) is -3.05. The van der Waals surface area contributed by atoms with Gasteiger partial charge >= 0.3 is 0 Å². The fourth-order valence-corrected chi connectivity index (χ4v) is 3.32. The molecule has 6 heteroatoms. The van der Waals surface area contributed by atoms with Crippen LogP contribution >= 0.6 is 0 Å². The lowest BCUT2D eigenvalue weighted by molar-refractivity contribution is -0.149. The van der Waals surface area contributed by atoms with Gasteiger partial charge in [-0.3, -0.25) is 14.7 Å². The maximum Gasteiger partial charge on any atom is 0.261 e. The van der Waals surface area contributed by atoms with E-state index < -0.39 is 11.3 Å². The molecule has 108 valence electrons. The monoisotopic (exact) mass is 281 g/mol. The molecular formula is C14H17F2N3O. The van der Waals surface area contributed by atoms with Crippen LogP contribution in [0.4, 0.5) is 8.78 Å². The number of carbonyl (C=O) groups is 1. The number of alkyl halides is 2. The number of carbonyl (C=O) groups excluding carboxylic acids is 1. The van der Waals surface area contributed by atoms with Crippen molar-refractivity contribution < 1.29 is 13.6 Å². The lowest BCUT2D eigenvalue weighted by Gasteiger charge is -2.42. The summed E-state index contributed by atoms with van der Waals surface area (Å²) < 4.78 is 28.0. The van der Waals surface area contributed by atoms with Crippen LogP contribution in [0.1, 0.15) is 18.4 Å². The number of amides is 1. The fourth-order valence-electron chi connectivity index (χ4n) is 3.32. The van der Waals surface area contributed by atoms with Crippen LogP contribution in [0.5, 0.6) is 0 Å². The SMILES string of the molecule is O=C1NCC[C@@]12CN(Cc1cccnc1)CC(F)(F)C2. The van der Waals surface area contributed by atoms with Crippen LogP contribution in [0.25, 0.3) is 0 Å². The van der Waals surface area contributed by atoms with E-state index in [1.54, 1.807) is 23.4 Å². The van der Waals surface area contributed by atoms with E-state index in [1.165, 1.54) is 0 Å². The van der Waals surface area contributed by atoms with Crippen LogP contribution in [-0.2, 0) is 11.3 Å². The minimum Gasteiger partial charge on any atom is -0.356 e. The molecule has 2 aliphatic rings. The number of piperidine rings is 1. The van der Waals surface area contributed by atoms with E-state index in [0.29, 0.717) is 26.1 Å². The van der Waals surface area contributed by atoms with Crippen LogP contribution < -0.4 is 5.32 Å². The Balaban J connectivity index is 1.80. The molecule has 2 aliphatic heterocycles. The molecule has 20 heavy (non-hydrogen) atoms. The summed E-state index contributed by atoms with van der Waals surface area (Å²) in [6.45, 7) is 0.994. The standard InChI is InChI=1S/C14H17F2N3O/c15-14(16)8-13(3-5-18-12(13)20)9-19(10-14)7-11-2-1-4-17-6-11/h1-2,4,6H,3,5,7-10H2,(H,18,20)/t13-/m1/s1. The average Bonchev–Trinajstić information content (AvgIpc) is 2.69. The number of hydrogen-bond acceptors (Lipinski definition) is 3. The molecule has 1 N–H and O–H groups in total. The predicted octanol–water partition coefficient (Wildman–Crippen LogP) is 1.43. The van der Waals surface area contributed by atoms with Crippen molar-refractivity contribution in [2.75, 3.05) is 19.6 Å². The molecule has 0 radical (unpaired) electrons. The molecule has 1 aromatic rings. The Labute approximate surface area is 116 Å². The van der Waals surface area contributed by atoms with Gasteiger partial charge in [0, 0.05) is 38.4 Å². The summed E-state index contributed by atoms with van der Waals surface area (Å²) in [7, 11) is 0. The van der Waals surface area contributed by atoms with Crippen molar-refractivity contribution in [1.29, 1.82) is 0 Å². The highest BCUT2D eigenvalue weighted by Crippen LogP contribution is 2.43. The van der Waals surface area contributed by atoms with E-state index in [0.717, 1.165) is 5.56 Å². The number of pyridine rings is 1. The molecule has 1 aromatic heterocycles. The zero-order valence-electron chi connectivity index (χ0n) is 11.1. The summed E-state index contributed by atoms with van der Waals surface area (Å²) >= 11 is 0. The molecular weight excluding hydrogens is 264 g/mol. The summed E-state index contributed by atoms with van der Waals surface area (Å²) in [6, 6.07) is 3.65. The van der Waals surface area contributed by atoms with Crippen LogP contribution in [0.3, 0.4) is 0 Å². The first kappa shape index (κ1) is 13.4. The molecule has 0 saturated carbocycles. The van der Waals surface area contributed by atoms with Gasteiger partial charge in [0.25, 0.3) is 5.92 Å². The Morgan fingerprint density at radius 2 is 2.25 bits per heavy atom. The third-order valence-corrected chi connectivity index (χ3v) is 4.08. The van der Waals surface area contributed by atoms with Crippen LogP contribution in [0, 0.1) is 5.41 Å². The molecule has 2 fully saturated rings. The van der Waals surface area contributed by atoms with Gasteiger partial charge in [-0.25, -0.2) is 8.78 Å². The van der Waals surface area contributed by atoms with E-state index in [2.05, 4.69) is 10.3 Å². The van der Waals surface area contributed by atoms with Crippen molar-refractivity contribution in [1.82, 2.24) is 15.2 Å². The zero-order valence-corrected chi connectivity index (χ0v) is 11.1. The number of likely N-dealkylation sites (tertiary alicyclic amines) is 1. The largest absolute Gasteiger partial charge is 0.356 e. The summed E-state index contributed by atoms with van der Waals surface area (Å²) in [6.07, 6.45) is 3.48. The van der Waals surface area contributed by atoms with Gasteiger partial charge in [0.2, 0.25) is 5.91 Å². The van der Waals surface area contributed by atoms with Crippen molar-refractivity contribution >= 4 is 5.91 Å². The van der Waals surface area contributed by atoms with Crippen molar-refractivity contribution in [2.45, 2.75) is 25.3 Å². The molecule has 2 saturated heterocycles. The second-order valence-electron chi connectivity index (χ2n) is 5.83. The van der Waals surface area contributed by atoms with Crippen LogP contribution in [0.2, 0.25) is 0 Å². The Kier molecular flexibility index (Phi) is 3.20. The molecule has 0 bridgehead atoms. The maximum atomic E-state index is 14.0. The number of nitrogens with zero attached hydrogens (tertiary/aromatic N) is 2. The number of hydrogen-bond donors (Lipinski definition) is 1. The molecule has 1 amide bonds. The fraction of sp³-hybridized carbons (Fsp3) is 0.571. The van der Waals surface area contributed by atoms with Gasteiger partial charge in [0.05, 0.1) is 12.0 Å². The molecule has 0 unspecified atom stereocenters. The third-order valence-electron chi connectivity index (χ3n) is 4.08. The Morgan fingerprint density at radius 3 is 2.90 bits per heavy atom. The van der Waals surface area contributed by atoms with Gasteiger partial charge in [-0.15, -0.1) is 0 Å². The Bertz CT molecular complexity index is 508.